The Labute approximate surface area is 121 Å². The lowest BCUT2D eigenvalue weighted by Crippen LogP contribution is -2.30. The summed E-state index contributed by atoms with van der Waals surface area (Å²) in [7, 11) is -1.42. The van der Waals surface area contributed by atoms with Crippen LogP contribution in [0.1, 0.15) is 20.3 Å². The summed E-state index contributed by atoms with van der Waals surface area (Å²) < 4.78 is 26.7. The van der Waals surface area contributed by atoms with E-state index in [0.29, 0.717) is 10.9 Å². The highest BCUT2D eigenvalue weighted by Gasteiger charge is 2.22. The Morgan fingerprint density at radius 2 is 1.90 bits per heavy atom. The predicted octanol–water partition coefficient (Wildman–Crippen LogP) is 1.17. The molecule has 1 heterocycles. The molecule has 0 radical (unpaired) electrons. The average molecular weight is 297 g/mol. The van der Waals surface area contributed by atoms with Crippen molar-refractivity contribution in [3.63, 3.8) is 0 Å². The maximum Gasteiger partial charge on any atom is 0.240 e. The van der Waals surface area contributed by atoms with Crippen molar-refractivity contribution in [2.45, 2.75) is 37.2 Å². The molecule has 1 aliphatic heterocycles. The molecule has 112 valence electrons. The predicted molar refractivity (Wildman–Crippen MR) is 81.6 cm³/mol. The van der Waals surface area contributed by atoms with Crippen LogP contribution in [-0.4, -0.2) is 40.6 Å². The molecule has 1 unspecified atom stereocenters. The zero-order valence-electron chi connectivity index (χ0n) is 12.3. The van der Waals surface area contributed by atoms with Crippen molar-refractivity contribution in [1.82, 2.24) is 10.0 Å². The first-order chi connectivity index (χ1) is 9.42. The lowest BCUT2D eigenvalue weighted by Gasteiger charge is -2.19. The first-order valence-electron chi connectivity index (χ1n) is 6.97. The van der Waals surface area contributed by atoms with Gasteiger partial charge in [0.05, 0.1) is 4.90 Å². The molecule has 1 saturated heterocycles. The van der Waals surface area contributed by atoms with Gasteiger partial charge in [0.2, 0.25) is 10.0 Å². The van der Waals surface area contributed by atoms with E-state index in [2.05, 4.69) is 14.9 Å². The number of rotatable bonds is 5. The van der Waals surface area contributed by atoms with Gasteiger partial charge in [-0.15, -0.1) is 0 Å². The standard InChI is InChI=1S/C14H23N3O2S/c1-11(2)16-20(18,19)14-6-4-13(5-7-14)17-9-8-12(10-17)15-3/h4-7,11-12,15-16H,8-10H2,1-3H3. The van der Waals surface area contributed by atoms with Gasteiger partial charge in [0.25, 0.3) is 0 Å². The number of sulfonamides is 1. The normalized spacial score (nSPS) is 19.8. The van der Waals surface area contributed by atoms with Crippen LogP contribution in [0.15, 0.2) is 29.2 Å². The van der Waals surface area contributed by atoms with Crippen LogP contribution in [0.25, 0.3) is 0 Å². The molecule has 2 N–H and O–H groups in total. The van der Waals surface area contributed by atoms with Crippen LogP contribution in [0, 0.1) is 0 Å². The van der Waals surface area contributed by atoms with E-state index in [9.17, 15) is 8.42 Å². The smallest absolute Gasteiger partial charge is 0.240 e. The van der Waals surface area contributed by atoms with Gasteiger partial charge in [0.15, 0.2) is 0 Å². The monoisotopic (exact) mass is 297 g/mol. The number of nitrogens with zero attached hydrogens (tertiary/aromatic N) is 1. The summed E-state index contributed by atoms with van der Waals surface area (Å²) in [5.74, 6) is 0. The molecule has 6 heteroatoms. The van der Waals surface area contributed by atoms with Gasteiger partial charge in [0.1, 0.15) is 0 Å². The summed E-state index contributed by atoms with van der Waals surface area (Å²) in [6.45, 7) is 5.59. The van der Waals surface area contributed by atoms with E-state index in [-0.39, 0.29) is 6.04 Å². The van der Waals surface area contributed by atoms with Gasteiger partial charge in [-0.25, -0.2) is 13.1 Å². The number of nitrogens with one attached hydrogen (secondary N) is 2. The Bertz CT molecular complexity index is 540. The first-order valence-corrected chi connectivity index (χ1v) is 8.45. The Morgan fingerprint density at radius 3 is 2.40 bits per heavy atom. The fourth-order valence-corrected chi connectivity index (χ4v) is 3.70. The van der Waals surface area contributed by atoms with Crippen LogP contribution in [0.5, 0.6) is 0 Å². The largest absolute Gasteiger partial charge is 0.370 e. The van der Waals surface area contributed by atoms with Crippen molar-refractivity contribution in [1.29, 1.82) is 0 Å². The minimum atomic E-state index is -3.40. The molecule has 1 aromatic rings. The minimum Gasteiger partial charge on any atom is -0.370 e. The fourth-order valence-electron chi connectivity index (χ4n) is 2.44. The lowest BCUT2D eigenvalue weighted by molar-refractivity contribution is 0.570. The molecule has 1 atom stereocenters. The van der Waals surface area contributed by atoms with Gasteiger partial charge < -0.3 is 10.2 Å². The van der Waals surface area contributed by atoms with Gasteiger partial charge >= 0.3 is 0 Å². The minimum absolute atomic E-state index is 0.102. The second kappa shape index (κ2) is 6.11. The zero-order valence-corrected chi connectivity index (χ0v) is 13.1. The zero-order chi connectivity index (χ0) is 14.8. The van der Waals surface area contributed by atoms with E-state index in [1.807, 2.05) is 33.0 Å². The fraction of sp³-hybridized carbons (Fsp3) is 0.571. The van der Waals surface area contributed by atoms with Crippen LogP contribution in [0.3, 0.4) is 0 Å². The topological polar surface area (TPSA) is 61.4 Å². The highest BCUT2D eigenvalue weighted by atomic mass is 32.2. The third kappa shape index (κ3) is 3.50. The van der Waals surface area contributed by atoms with E-state index >= 15 is 0 Å². The van der Waals surface area contributed by atoms with Crippen molar-refractivity contribution >= 4 is 15.7 Å². The van der Waals surface area contributed by atoms with Crippen LogP contribution < -0.4 is 14.9 Å². The van der Waals surface area contributed by atoms with Crippen molar-refractivity contribution in [3.05, 3.63) is 24.3 Å². The molecule has 0 amide bonds. The number of anilines is 1. The van der Waals surface area contributed by atoms with Gasteiger partial charge in [-0.1, -0.05) is 0 Å². The third-order valence-corrected chi connectivity index (χ3v) is 5.17. The molecule has 2 rings (SSSR count). The second-order valence-electron chi connectivity index (χ2n) is 5.49. The number of benzene rings is 1. The molecule has 0 aromatic heterocycles. The molecule has 1 aliphatic rings. The average Bonchev–Trinajstić information content (AvgIpc) is 2.86. The summed E-state index contributed by atoms with van der Waals surface area (Å²) in [6.07, 6.45) is 1.12. The van der Waals surface area contributed by atoms with E-state index in [1.165, 1.54) is 0 Å². The van der Waals surface area contributed by atoms with Crippen molar-refractivity contribution in [2.24, 2.45) is 0 Å². The molecule has 0 aliphatic carbocycles. The van der Waals surface area contributed by atoms with E-state index in [4.69, 9.17) is 0 Å². The summed E-state index contributed by atoms with van der Waals surface area (Å²) in [5, 5.41) is 3.27. The number of likely N-dealkylation sites (N-methyl/N-ethyl adjacent to an activating group) is 1. The van der Waals surface area contributed by atoms with Crippen molar-refractivity contribution in [3.8, 4) is 0 Å². The van der Waals surface area contributed by atoms with Crippen molar-refractivity contribution in [2.75, 3.05) is 25.0 Å². The van der Waals surface area contributed by atoms with E-state index < -0.39 is 10.0 Å². The molecular formula is C14H23N3O2S. The maximum atomic E-state index is 12.0. The molecule has 0 saturated carbocycles. The van der Waals surface area contributed by atoms with Crippen molar-refractivity contribution < 1.29 is 8.42 Å². The maximum absolute atomic E-state index is 12.0. The number of hydrogen-bond acceptors (Lipinski definition) is 4. The lowest BCUT2D eigenvalue weighted by atomic mass is 10.3. The summed E-state index contributed by atoms with van der Waals surface area (Å²) in [6, 6.07) is 7.52. The highest BCUT2D eigenvalue weighted by Crippen LogP contribution is 2.22. The Hall–Kier alpha value is -1.11. The molecule has 1 aromatic carbocycles. The highest BCUT2D eigenvalue weighted by molar-refractivity contribution is 7.89. The number of hydrogen-bond donors (Lipinski definition) is 2. The Balaban J connectivity index is 2.11. The summed E-state index contributed by atoms with van der Waals surface area (Å²) in [5.41, 5.74) is 1.08. The van der Waals surface area contributed by atoms with Gasteiger partial charge in [-0.05, 0) is 51.6 Å². The van der Waals surface area contributed by atoms with Gasteiger partial charge in [0, 0.05) is 30.9 Å². The van der Waals surface area contributed by atoms with E-state index in [1.54, 1.807) is 12.1 Å². The van der Waals surface area contributed by atoms with Crippen LogP contribution in [0.4, 0.5) is 5.69 Å². The second-order valence-corrected chi connectivity index (χ2v) is 7.20. The van der Waals surface area contributed by atoms with Gasteiger partial charge in [-0.2, -0.15) is 0 Å². The van der Waals surface area contributed by atoms with Crippen LogP contribution >= 0.6 is 0 Å². The molecule has 0 spiro atoms. The van der Waals surface area contributed by atoms with E-state index in [0.717, 1.165) is 25.2 Å². The van der Waals surface area contributed by atoms with Crippen LogP contribution in [-0.2, 0) is 10.0 Å². The molecular weight excluding hydrogens is 274 g/mol. The van der Waals surface area contributed by atoms with Crippen LogP contribution in [0.2, 0.25) is 0 Å². The Morgan fingerprint density at radius 1 is 1.25 bits per heavy atom. The van der Waals surface area contributed by atoms with Gasteiger partial charge in [-0.3, -0.25) is 0 Å². The molecule has 20 heavy (non-hydrogen) atoms. The summed E-state index contributed by atoms with van der Waals surface area (Å²) >= 11 is 0. The molecule has 0 bridgehead atoms. The first kappa shape index (κ1) is 15.3. The quantitative estimate of drug-likeness (QED) is 0.856. The third-order valence-electron chi connectivity index (χ3n) is 3.50. The molecule has 5 nitrogen and oxygen atoms in total. The SMILES string of the molecule is CNC1CCN(c2ccc(S(=O)(=O)NC(C)C)cc2)C1. The Kier molecular flexibility index (Phi) is 4.67. The summed E-state index contributed by atoms with van der Waals surface area (Å²) in [4.78, 5) is 2.59. The molecule has 1 fully saturated rings.